The number of alkyl halides is 1. The molecule has 1 atom stereocenters. The highest BCUT2D eigenvalue weighted by Gasteiger charge is 2.27. The number of hydrogen-bond acceptors (Lipinski definition) is 1. The number of aliphatic hydroxyl groups excluding tert-OH is 1. The molecule has 0 aromatic carbocycles. The van der Waals surface area contributed by atoms with Crippen molar-refractivity contribution in [2.45, 2.75) is 38.0 Å². The average molecular weight is 189 g/mol. The van der Waals surface area contributed by atoms with E-state index in [-0.39, 0.29) is 11.5 Å². The van der Waals surface area contributed by atoms with Gasteiger partial charge in [0.15, 0.2) is 0 Å². The summed E-state index contributed by atoms with van der Waals surface area (Å²) in [7, 11) is 0. The first-order valence-electron chi connectivity index (χ1n) is 4.51. The summed E-state index contributed by atoms with van der Waals surface area (Å²) in [5, 5.41) is 8.88. The van der Waals surface area contributed by atoms with Crippen molar-refractivity contribution in [3.8, 4) is 0 Å². The normalized spacial score (nSPS) is 25.3. The summed E-state index contributed by atoms with van der Waals surface area (Å²) in [6, 6.07) is 0. The highest BCUT2D eigenvalue weighted by molar-refractivity contribution is 6.23. The molecule has 0 saturated carbocycles. The van der Waals surface area contributed by atoms with Crippen LogP contribution in [0, 0.1) is 5.92 Å². The fourth-order valence-electron chi connectivity index (χ4n) is 1.66. The summed E-state index contributed by atoms with van der Waals surface area (Å²) >= 11 is 6.21. The van der Waals surface area contributed by atoms with E-state index in [4.69, 9.17) is 16.7 Å². The van der Waals surface area contributed by atoms with Crippen LogP contribution in [-0.4, -0.2) is 16.6 Å². The average Bonchev–Trinajstić information content (AvgIpc) is 2.03. The third-order valence-electron chi connectivity index (χ3n) is 2.68. The minimum atomic E-state index is -0.0997. The van der Waals surface area contributed by atoms with E-state index < -0.39 is 0 Å². The zero-order chi connectivity index (χ0) is 9.19. The number of halogens is 1. The van der Waals surface area contributed by atoms with Crippen molar-refractivity contribution in [2.24, 2.45) is 5.92 Å². The number of aliphatic hydroxyl groups is 1. The van der Waals surface area contributed by atoms with Crippen LogP contribution in [-0.2, 0) is 0 Å². The molecule has 0 bridgehead atoms. The molecule has 0 radical (unpaired) electrons. The second kappa shape index (κ2) is 3.80. The van der Waals surface area contributed by atoms with E-state index in [0.29, 0.717) is 5.92 Å². The Bertz CT molecular complexity index is 179. The van der Waals surface area contributed by atoms with Crippen LogP contribution in [0.15, 0.2) is 11.6 Å². The van der Waals surface area contributed by atoms with Gasteiger partial charge in [0.1, 0.15) is 0 Å². The topological polar surface area (TPSA) is 20.2 Å². The van der Waals surface area contributed by atoms with E-state index in [1.165, 1.54) is 5.57 Å². The van der Waals surface area contributed by atoms with Crippen molar-refractivity contribution in [3.05, 3.63) is 11.6 Å². The zero-order valence-electron chi connectivity index (χ0n) is 7.81. The van der Waals surface area contributed by atoms with Gasteiger partial charge in [-0.1, -0.05) is 6.08 Å². The Kier molecular flexibility index (Phi) is 3.19. The van der Waals surface area contributed by atoms with Crippen LogP contribution in [0.1, 0.15) is 33.1 Å². The van der Waals surface area contributed by atoms with Crippen LogP contribution < -0.4 is 0 Å². The summed E-state index contributed by atoms with van der Waals surface area (Å²) in [6.07, 6.45) is 5.28. The molecule has 0 aromatic rings. The van der Waals surface area contributed by atoms with Crippen LogP contribution in [0.5, 0.6) is 0 Å². The van der Waals surface area contributed by atoms with Crippen LogP contribution in [0.3, 0.4) is 0 Å². The fraction of sp³-hybridized carbons (Fsp3) is 0.800. The van der Waals surface area contributed by atoms with Crippen molar-refractivity contribution in [3.63, 3.8) is 0 Å². The molecule has 0 heterocycles. The quantitative estimate of drug-likeness (QED) is 0.522. The third-order valence-corrected chi connectivity index (χ3v) is 2.99. The molecule has 0 saturated heterocycles. The van der Waals surface area contributed by atoms with E-state index in [1.807, 2.05) is 0 Å². The van der Waals surface area contributed by atoms with Crippen molar-refractivity contribution in [1.29, 1.82) is 0 Å². The van der Waals surface area contributed by atoms with Crippen molar-refractivity contribution in [2.75, 3.05) is 6.61 Å². The van der Waals surface area contributed by atoms with Gasteiger partial charge >= 0.3 is 0 Å². The Hall–Kier alpha value is -0.0100. The Morgan fingerprint density at radius 3 is 2.67 bits per heavy atom. The second-order valence-corrected chi connectivity index (χ2v) is 5.03. The molecule has 1 N–H and O–H groups in total. The Labute approximate surface area is 79.4 Å². The van der Waals surface area contributed by atoms with Crippen molar-refractivity contribution in [1.82, 2.24) is 0 Å². The van der Waals surface area contributed by atoms with Crippen molar-refractivity contribution < 1.29 is 5.11 Å². The van der Waals surface area contributed by atoms with Gasteiger partial charge in [0.05, 0.1) is 6.61 Å². The first-order chi connectivity index (χ1) is 5.54. The van der Waals surface area contributed by atoms with Gasteiger partial charge < -0.3 is 5.11 Å². The standard InChI is InChI=1S/C10H17ClO/c1-10(2,11)9-5-3-8(7-12)4-6-9/h3,9,12H,4-7H2,1-2H3. The molecule has 2 heteroatoms. The monoisotopic (exact) mass is 188 g/mol. The lowest BCUT2D eigenvalue weighted by molar-refractivity contribution is 0.306. The van der Waals surface area contributed by atoms with E-state index in [9.17, 15) is 0 Å². The fourth-order valence-corrected chi connectivity index (χ4v) is 1.85. The first kappa shape index (κ1) is 10.1. The lowest BCUT2D eigenvalue weighted by atomic mass is 9.82. The maximum Gasteiger partial charge on any atom is 0.0641 e. The molecule has 70 valence electrons. The smallest absolute Gasteiger partial charge is 0.0641 e. The van der Waals surface area contributed by atoms with Crippen molar-refractivity contribution >= 4 is 11.6 Å². The summed E-state index contributed by atoms with van der Waals surface area (Å²) in [5.74, 6) is 0.564. The zero-order valence-corrected chi connectivity index (χ0v) is 8.56. The van der Waals surface area contributed by atoms with Gasteiger partial charge in [0, 0.05) is 4.87 Å². The highest BCUT2D eigenvalue weighted by Crippen LogP contribution is 2.35. The molecule has 1 rings (SSSR count). The van der Waals surface area contributed by atoms with Crippen LogP contribution >= 0.6 is 11.6 Å². The van der Waals surface area contributed by atoms with E-state index in [1.54, 1.807) is 0 Å². The molecule has 0 fully saturated rings. The molecule has 0 aliphatic heterocycles. The van der Waals surface area contributed by atoms with Crippen LogP contribution in [0.25, 0.3) is 0 Å². The van der Waals surface area contributed by atoms with E-state index >= 15 is 0 Å². The van der Waals surface area contributed by atoms with Crippen LogP contribution in [0.4, 0.5) is 0 Å². The molecule has 1 unspecified atom stereocenters. The molecule has 1 nitrogen and oxygen atoms in total. The molecule has 0 amide bonds. The molecule has 1 aliphatic rings. The molecule has 12 heavy (non-hydrogen) atoms. The molecule has 0 aromatic heterocycles. The van der Waals surface area contributed by atoms with Gasteiger partial charge in [0.25, 0.3) is 0 Å². The van der Waals surface area contributed by atoms with E-state index in [2.05, 4.69) is 19.9 Å². The molecular weight excluding hydrogens is 172 g/mol. The minimum absolute atomic E-state index is 0.0997. The molecular formula is C10H17ClO. The third kappa shape index (κ3) is 2.49. The van der Waals surface area contributed by atoms with Gasteiger partial charge in [-0.15, -0.1) is 11.6 Å². The number of rotatable bonds is 2. The summed E-state index contributed by atoms with van der Waals surface area (Å²) in [6.45, 7) is 4.35. The maximum atomic E-state index is 8.88. The lowest BCUT2D eigenvalue weighted by Crippen LogP contribution is -2.26. The molecule has 0 spiro atoms. The Morgan fingerprint density at radius 2 is 2.33 bits per heavy atom. The predicted molar refractivity (Wildman–Crippen MR) is 52.4 cm³/mol. The van der Waals surface area contributed by atoms with E-state index in [0.717, 1.165) is 19.3 Å². The lowest BCUT2D eigenvalue weighted by Gasteiger charge is -2.30. The molecule has 1 aliphatic carbocycles. The van der Waals surface area contributed by atoms with Gasteiger partial charge in [-0.3, -0.25) is 0 Å². The largest absolute Gasteiger partial charge is 0.392 e. The highest BCUT2D eigenvalue weighted by atomic mass is 35.5. The SMILES string of the molecule is CC(C)(Cl)C1CC=C(CO)CC1. The summed E-state index contributed by atoms with van der Waals surface area (Å²) in [5.41, 5.74) is 1.17. The predicted octanol–water partition coefficient (Wildman–Crippen LogP) is 2.72. The summed E-state index contributed by atoms with van der Waals surface area (Å²) in [4.78, 5) is -0.0997. The second-order valence-electron chi connectivity index (χ2n) is 4.06. The Balaban J connectivity index is 2.52. The maximum absolute atomic E-state index is 8.88. The van der Waals surface area contributed by atoms with Gasteiger partial charge in [-0.05, 0) is 44.6 Å². The number of hydrogen-bond donors (Lipinski definition) is 1. The minimum Gasteiger partial charge on any atom is -0.392 e. The Morgan fingerprint density at radius 1 is 1.67 bits per heavy atom. The van der Waals surface area contributed by atoms with Gasteiger partial charge in [-0.2, -0.15) is 0 Å². The first-order valence-corrected chi connectivity index (χ1v) is 4.89. The number of allylic oxidation sites excluding steroid dienone is 1. The van der Waals surface area contributed by atoms with Crippen LogP contribution in [0.2, 0.25) is 0 Å². The van der Waals surface area contributed by atoms with Gasteiger partial charge in [-0.25, -0.2) is 0 Å². The summed E-state index contributed by atoms with van der Waals surface area (Å²) < 4.78 is 0. The van der Waals surface area contributed by atoms with Gasteiger partial charge in [0.2, 0.25) is 0 Å².